The summed E-state index contributed by atoms with van der Waals surface area (Å²) in [4.78, 5) is 2.65. The highest BCUT2D eigenvalue weighted by atomic mass is 35.5. The smallest absolute Gasteiger partial charge is 0.122 e. The van der Waals surface area contributed by atoms with Gasteiger partial charge in [-0.05, 0) is 49.9 Å². The van der Waals surface area contributed by atoms with Gasteiger partial charge in [-0.3, -0.25) is 4.90 Å². The zero-order valence-electron chi connectivity index (χ0n) is 13.9. The van der Waals surface area contributed by atoms with E-state index < -0.39 is 0 Å². The molecule has 1 saturated heterocycles. The third-order valence-electron chi connectivity index (χ3n) is 4.75. The maximum absolute atomic E-state index is 5.50. The highest BCUT2D eigenvalue weighted by Gasteiger charge is 2.29. The number of methoxy groups -OCH3 is 1. The molecule has 2 unspecified atom stereocenters. The van der Waals surface area contributed by atoms with Crippen molar-refractivity contribution in [3.8, 4) is 5.75 Å². The number of ether oxygens (including phenoxy) is 1. The zero-order chi connectivity index (χ0) is 15.4. The maximum atomic E-state index is 5.50. The number of benzene rings is 2. The fraction of sp³-hybridized carbons (Fsp3) is 0.400. The van der Waals surface area contributed by atoms with Crippen molar-refractivity contribution in [3.05, 3.63) is 65.7 Å². The van der Waals surface area contributed by atoms with Gasteiger partial charge < -0.3 is 4.74 Å². The van der Waals surface area contributed by atoms with E-state index >= 15 is 0 Å². The topological polar surface area (TPSA) is 12.5 Å². The van der Waals surface area contributed by atoms with Crippen molar-refractivity contribution in [2.24, 2.45) is 0 Å². The monoisotopic (exact) mass is 331 g/mol. The van der Waals surface area contributed by atoms with Gasteiger partial charge in [-0.15, -0.1) is 12.4 Å². The summed E-state index contributed by atoms with van der Waals surface area (Å²) in [6.07, 6.45) is 3.59. The summed E-state index contributed by atoms with van der Waals surface area (Å²) < 4.78 is 5.50. The number of hydrogen-bond acceptors (Lipinski definition) is 2. The van der Waals surface area contributed by atoms with Crippen LogP contribution >= 0.6 is 12.4 Å². The summed E-state index contributed by atoms with van der Waals surface area (Å²) in [7, 11) is 1.76. The number of halogens is 1. The van der Waals surface area contributed by atoms with Gasteiger partial charge in [0.1, 0.15) is 5.75 Å². The average molecular weight is 332 g/mol. The molecule has 0 aliphatic carbocycles. The molecule has 2 aromatic carbocycles. The molecule has 0 radical (unpaired) electrons. The van der Waals surface area contributed by atoms with Crippen molar-refractivity contribution >= 4 is 12.4 Å². The van der Waals surface area contributed by atoms with Gasteiger partial charge >= 0.3 is 0 Å². The third kappa shape index (κ3) is 4.07. The predicted octanol–water partition coefficient (Wildman–Crippen LogP) is 4.89. The Labute approximate surface area is 145 Å². The molecule has 1 aliphatic heterocycles. The van der Waals surface area contributed by atoms with Crippen molar-refractivity contribution in [1.29, 1.82) is 0 Å². The van der Waals surface area contributed by atoms with Crippen LogP contribution in [0.3, 0.4) is 0 Å². The third-order valence-corrected chi connectivity index (χ3v) is 4.75. The first kappa shape index (κ1) is 17.8. The van der Waals surface area contributed by atoms with E-state index in [1.807, 2.05) is 6.07 Å². The van der Waals surface area contributed by atoms with Crippen molar-refractivity contribution < 1.29 is 4.74 Å². The maximum Gasteiger partial charge on any atom is 0.122 e. The van der Waals surface area contributed by atoms with E-state index in [2.05, 4.69) is 60.4 Å². The molecule has 0 spiro atoms. The van der Waals surface area contributed by atoms with Crippen molar-refractivity contribution in [3.63, 3.8) is 0 Å². The van der Waals surface area contributed by atoms with Crippen LogP contribution in [-0.2, 0) is 6.42 Å². The lowest BCUT2D eigenvalue weighted by Gasteiger charge is -2.31. The lowest BCUT2D eigenvalue weighted by atomic mass is 10.0. The molecule has 2 nitrogen and oxygen atoms in total. The minimum atomic E-state index is 0. The molecule has 3 rings (SSSR count). The molecular weight excluding hydrogens is 306 g/mol. The first-order valence-corrected chi connectivity index (χ1v) is 8.22. The highest BCUT2D eigenvalue weighted by Crippen LogP contribution is 2.34. The van der Waals surface area contributed by atoms with Crippen LogP contribution in [0.5, 0.6) is 5.75 Å². The molecule has 2 aromatic rings. The SMILES string of the molecule is COc1ccccc1CC(C)N1CCCC1c1ccccc1.Cl. The Morgan fingerprint density at radius 2 is 1.78 bits per heavy atom. The van der Waals surface area contributed by atoms with Gasteiger partial charge in [0, 0.05) is 12.1 Å². The zero-order valence-corrected chi connectivity index (χ0v) is 14.8. The first-order chi connectivity index (χ1) is 10.8. The number of likely N-dealkylation sites (tertiary alicyclic amines) is 1. The summed E-state index contributed by atoms with van der Waals surface area (Å²) >= 11 is 0. The Balaban J connectivity index is 0.00000192. The molecule has 2 atom stereocenters. The Hall–Kier alpha value is -1.51. The van der Waals surface area contributed by atoms with Crippen LogP contribution in [0.25, 0.3) is 0 Å². The van der Waals surface area contributed by atoms with Crippen LogP contribution in [0, 0.1) is 0 Å². The molecule has 23 heavy (non-hydrogen) atoms. The van der Waals surface area contributed by atoms with E-state index in [9.17, 15) is 0 Å². The van der Waals surface area contributed by atoms with Gasteiger partial charge in [0.2, 0.25) is 0 Å². The Morgan fingerprint density at radius 1 is 1.09 bits per heavy atom. The van der Waals surface area contributed by atoms with Crippen LogP contribution in [0.4, 0.5) is 0 Å². The molecule has 0 N–H and O–H groups in total. The number of nitrogens with zero attached hydrogens (tertiary/aromatic N) is 1. The number of rotatable bonds is 5. The van der Waals surface area contributed by atoms with Gasteiger partial charge in [0.05, 0.1) is 7.11 Å². The summed E-state index contributed by atoms with van der Waals surface area (Å²) in [5.74, 6) is 1.00. The van der Waals surface area contributed by atoms with Crippen LogP contribution < -0.4 is 4.74 Å². The first-order valence-electron chi connectivity index (χ1n) is 8.22. The van der Waals surface area contributed by atoms with Crippen molar-refractivity contribution in [2.75, 3.05) is 13.7 Å². The van der Waals surface area contributed by atoms with Crippen molar-refractivity contribution in [1.82, 2.24) is 4.90 Å². The van der Waals surface area contributed by atoms with Crippen LogP contribution in [-0.4, -0.2) is 24.6 Å². The summed E-state index contributed by atoms with van der Waals surface area (Å²) in [5.41, 5.74) is 2.75. The second-order valence-electron chi connectivity index (χ2n) is 6.17. The molecule has 0 amide bonds. The molecule has 1 fully saturated rings. The molecule has 0 bridgehead atoms. The van der Waals surface area contributed by atoms with E-state index in [1.165, 1.54) is 30.5 Å². The standard InChI is InChI=1S/C20H25NO.ClH/c1-16(15-18-11-6-7-13-20(18)22-2)21-14-8-12-19(21)17-9-4-3-5-10-17;/h3-7,9-11,13,16,19H,8,12,14-15H2,1-2H3;1H. The normalized spacial score (nSPS) is 19.1. The van der Waals surface area contributed by atoms with Crippen molar-refractivity contribution in [2.45, 2.75) is 38.3 Å². The van der Waals surface area contributed by atoms with Gasteiger partial charge in [0.15, 0.2) is 0 Å². The van der Waals surface area contributed by atoms with Gasteiger partial charge in [-0.2, -0.15) is 0 Å². The quantitative estimate of drug-likeness (QED) is 0.773. The van der Waals surface area contributed by atoms with Gasteiger partial charge in [-0.1, -0.05) is 48.5 Å². The van der Waals surface area contributed by atoms with Crippen LogP contribution in [0.15, 0.2) is 54.6 Å². The molecule has 124 valence electrons. The van der Waals surface area contributed by atoms with Crippen LogP contribution in [0.1, 0.15) is 36.9 Å². The van der Waals surface area contributed by atoms with E-state index in [0.717, 1.165) is 12.2 Å². The Bertz CT molecular complexity index is 602. The van der Waals surface area contributed by atoms with Crippen LogP contribution in [0.2, 0.25) is 0 Å². The Morgan fingerprint density at radius 3 is 2.52 bits per heavy atom. The molecule has 1 heterocycles. The molecule has 0 aromatic heterocycles. The molecule has 3 heteroatoms. The largest absolute Gasteiger partial charge is 0.496 e. The van der Waals surface area contributed by atoms with E-state index in [0.29, 0.717) is 12.1 Å². The molecular formula is C20H26ClNO. The second-order valence-corrected chi connectivity index (χ2v) is 6.17. The van der Waals surface area contributed by atoms with Gasteiger partial charge in [-0.25, -0.2) is 0 Å². The minimum absolute atomic E-state index is 0. The summed E-state index contributed by atoms with van der Waals surface area (Å²) in [6, 6.07) is 20.4. The second kappa shape index (κ2) is 8.37. The number of para-hydroxylation sites is 1. The van der Waals surface area contributed by atoms with E-state index in [-0.39, 0.29) is 12.4 Å². The summed E-state index contributed by atoms with van der Waals surface area (Å²) in [5, 5.41) is 0. The fourth-order valence-electron chi connectivity index (χ4n) is 3.66. The highest BCUT2D eigenvalue weighted by molar-refractivity contribution is 5.85. The molecule has 0 saturated carbocycles. The lowest BCUT2D eigenvalue weighted by Crippen LogP contribution is -2.34. The Kier molecular flexibility index (Phi) is 6.49. The fourth-order valence-corrected chi connectivity index (χ4v) is 3.66. The molecule has 1 aliphatic rings. The van der Waals surface area contributed by atoms with E-state index in [1.54, 1.807) is 7.11 Å². The van der Waals surface area contributed by atoms with E-state index in [4.69, 9.17) is 4.74 Å². The lowest BCUT2D eigenvalue weighted by molar-refractivity contribution is 0.190. The number of hydrogen-bond donors (Lipinski definition) is 0. The van der Waals surface area contributed by atoms with Gasteiger partial charge in [0.25, 0.3) is 0 Å². The predicted molar refractivity (Wildman–Crippen MR) is 98.5 cm³/mol. The summed E-state index contributed by atoms with van der Waals surface area (Å²) in [6.45, 7) is 3.53. The minimum Gasteiger partial charge on any atom is -0.496 e. The average Bonchev–Trinajstić information content (AvgIpc) is 3.06.